The van der Waals surface area contributed by atoms with E-state index in [9.17, 15) is 4.79 Å². The van der Waals surface area contributed by atoms with Crippen molar-refractivity contribution in [3.63, 3.8) is 0 Å². The van der Waals surface area contributed by atoms with Gasteiger partial charge in [-0.3, -0.25) is 4.79 Å². The summed E-state index contributed by atoms with van der Waals surface area (Å²) in [4.78, 5) is 10.3. The van der Waals surface area contributed by atoms with E-state index in [0.29, 0.717) is 0 Å². The highest BCUT2D eigenvalue weighted by atomic mass is 16.4. The number of aliphatic carboxylic acids is 1. The lowest BCUT2D eigenvalue weighted by Crippen LogP contribution is -1.92. The summed E-state index contributed by atoms with van der Waals surface area (Å²) in [5, 5.41) is 8.51. The molecular weight excluding hydrogens is 272 g/mol. The lowest BCUT2D eigenvalue weighted by Gasteiger charge is -1.99. The van der Waals surface area contributed by atoms with Crippen LogP contribution in [0.2, 0.25) is 0 Å². The van der Waals surface area contributed by atoms with Crippen LogP contribution in [0.5, 0.6) is 0 Å². The summed E-state index contributed by atoms with van der Waals surface area (Å²) in [5.74, 6) is -0.690. The van der Waals surface area contributed by atoms with Crippen LogP contribution < -0.4 is 0 Å². The highest BCUT2D eigenvalue weighted by molar-refractivity contribution is 5.66. The molecule has 1 N–H and O–H groups in total. The van der Waals surface area contributed by atoms with Gasteiger partial charge in [0.15, 0.2) is 0 Å². The minimum atomic E-state index is -0.690. The van der Waals surface area contributed by atoms with Gasteiger partial charge in [0, 0.05) is 6.42 Å². The summed E-state index contributed by atoms with van der Waals surface area (Å²) in [5.41, 5.74) is 0. The van der Waals surface area contributed by atoms with E-state index in [0.717, 1.165) is 19.3 Å². The first-order valence-corrected chi connectivity index (χ1v) is 9.29. The first kappa shape index (κ1) is 20.9. The molecule has 0 fully saturated rings. The molecule has 0 atom stereocenters. The van der Waals surface area contributed by atoms with E-state index in [1.807, 2.05) is 0 Å². The van der Waals surface area contributed by atoms with Crippen LogP contribution in [0.15, 0.2) is 24.3 Å². The maximum Gasteiger partial charge on any atom is 0.303 e. The van der Waals surface area contributed by atoms with Crippen LogP contribution in [0.3, 0.4) is 0 Å². The van der Waals surface area contributed by atoms with Crippen molar-refractivity contribution in [2.45, 2.75) is 96.8 Å². The smallest absolute Gasteiger partial charge is 0.303 e. The Labute approximate surface area is 137 Å². The van der Waals surface area contributed by atoms with Crippen LogP contribution in [0.25, 0.3) is 0 Å². The van der Waals surface area contributed by atoms with Gasteiger partial charge in [-0.1, -0.05) is 69.8 Å². The van der Waals surface area contributed by atoms with Gasteiger partial charge in [0.1, 0.15) is 0 Å². The van der Waals surface area contributed by atoms with Crippen LogP contribution in [-0.4, -0.2) is 11.1 Å². The molecule has 0 saturated heterocycles. The van der Waals surface area contributed by atoms with Crippen molar-refractivity contribution in [3.05, 3.63) is 24.3 Å². The molecular formula is C20H36O2. The maximum absolute atomic E-state index is 10.3. The van der Waals surface area contributed by atoms with Crippen molar-refractivity contribution in [2.75, 3.05) is 0 Å². The average Bonchev–Trinajstić information content (AvgIpc) is 2.50. The third-order valence-corrected chi connectivity index (χ3v) is 3.81. The van der Waals surface area contributed by atoms with E-state index < -0.39 is 5.97 Å². The summed E-state index contributed by atoms with van der Waals surface area (Å²) in [6, 6.07) is 0. The molecule has 2 heteroatoms. The van der Waals surface area contributed by atoms with Crippen LogP contribution in [0, 0.1) is 0 Å². The van der Waals surface area contributed by atoms with Gasteiger partial charge in [-0.2, -0.15) is 0 Å². The van der Waals surface area contributed by atoms with Gasteiger partial charge in [0.25, 0.3) is 0 Å². The summed E-state index contributed by atoms with van der Waals surface area (Å²) >= 11 is 0. The number of carbonyl (C=O) groups is 1. The predicted octanol–water partition coefficient (Wildman–Crippen LogP) is 6.66. The highest BCUT2D eigenvalue weighted by Crippen LogP contribution is 2.10. The molecule has 0 unspecified atom stereocenters. The van der Waals surface area contributed by atoms with E-state index in [2.05, 4.69) is 31.2 Å². The zero-order valence-corrected chi connectivity index (χ0v) is 14.6. The molecule has 2 nitrogen and oxygen atoms in total. The number of carboxylic acids is 1. The van der Waals surface area contributed by atoms with Crippen molar-refractivity contribution in [2.24, 2.45) is 0 Å². The van der Waals surface area contributed by atoms with Crippen LogP contribution >= 0.6 is 0 Å². The van der Waals surface area contributed by atoms with Gasteiger partial charge in [-0.15, -0.1) is 0 Å². The largest absolute Gasteiger partial charge is 0.481 e. The first-order valence-electron chi connectivity index (χ1n) is 9.29. The Kier molecular flexibility index (Phi) is 17.1. The number of unbranched alkanes of at least 4 members (excludes halogenated alkanes) is 10. The van der Waals surface area contributed by atoms with Gasteiger partial charge >= 0.3 is 5.97 Å². The molecule has 0 rings (SSSR count). The molecule has 0 aromatic heterocycles. The Balaban J connectivity index is 3.12. The summed E-state index contributed by atoms with van der Waals surface area (Å²) in [6.45, 7) is 2.24. The molecule has 0 aliphatic carbocycles. The molecule has 128 valence electrons. The number of rotatable bonds is 16. The minimum Gasteiger partial charge on any atom is -0.481 e. The van der Waals surface area contributed by atoms with Gasteiger partial charge in [0.05, 0.1) is 0 Å². The Bertz CT molecular complexity index is 292. The van der Waals surface area contributed by atoms with Gasteiger partial charge in [0.2, 0.25) is 0 Å². The molecule has 0 heterocycles. The first-order chi connectivity index (χ1) is 10.8. The Morgan fingerprint density at radius 1 is 0.682 bits per heavy atom. The molecule has 0 aromatic rings. The second-order valence-corrected chi connectivity index (χ2v) is 6.07. The second kappa shape index (κ2) is 18.0. The highest BCUT2D eigenvalue weighted by Gasteiger charge is 1.93. The SMILES string of the molecule is CCCCC=CCCCCCCCC/C=C/CCCC(=O)O. The van der Waals surface area contributed by atoms with Crippen LogP contribution in [0.4, 0.5) is 0 Å². The fourth-order valence-corrected chi connectivity index (χ4v) is 2.40. The van der Waals surface area contributed by atoms with E-state index >= 15 is 0 Å². The lowest BCUT2D eigenvalue weighted by atomic mass is 10.1. The van der Waals surface area contributed by atoms with Gasteiger partial charge in [-0.05, 0) is 44.9 Å². The van der Waals surface area contributed by atoms with Crippen molar-refractivity contribution < 1.29 is 9.90 Å². The summed E-state index contributed by atoms with van der Waals surface area (Å²) < 4.78 is 0. The molecule has 0 radical (unpaired) electrons. The Morgan fingerprint density at radius 3 is 1.55 bits per heavy atom. The quantitative estimate of drug-likeness (QED) is 0.255. The van der Waals surface area contributed by atoms with Crippen molar-refractivity contribution in [1.29, 1.82) is 0 Å². The molecule has 0 saturated carbocycles. The second-order valence-electron chi connectivity index (χ2n) is 6.07. The molecule has 0 aliphatic rings. The topological polar surface area (TPSA) is 37.3 Å². The molecule has 0 bridgehead atoms. The predicted molar refractivity (Wildman–Crippen MR) is 96.2 cm³/mol. The van der Waals surface area contributed by atoms with Crippen molar-refractivity contribution in [3.8, 4) is 0 Å². The third kappa shape index (κ3) is 18.9. The van der Waals surface area contributed by atoms with Crippen LogP contribution in [0.1, 0.15) is 96.8 Å². The zero-order valence-electron chi connectivity index (χ0n) is 14.6. The Morgan fingerprint density at radius 2 is 1.09 bits per heavy atom. The number of allylic oxidation sites excluding steroid dienone is 4. The number of hydrogen-bond donors (Lipinski definition) is 1. The van der Waals surface area contributed by atoms with E-state index in [1.165, 1.54) is 64.2 Å². The van der Waals surface area contributed by atoms with Gasteiger partial charge < -0.3 is 5.11 Å². The van der Waals surface area contributed by atoms with E-state index in [4.69, 9.17) is 5.11 Å². The molecule has 0 aromatic carbocycles. The van der Waals surface area contributed by atoms with E-state index in [1.54, 1.807) is 0 Å². The number of hydrogen-bond acceptors (Lipinski definition) is 1. The van der Waals surface area contributed by atoms with E-state index in [-0.39, 0.29) is 6.42 Å². The third-order valence-electron chi connectivity index (χ3n) is 3.81. The summed E-state index contributed by atoms with van der Waals surface area (Å²) in [6.07, 6.45) is 25.3. The maximum atomic E-state index is 10.3. The standard InChI is InChI=1S/C20H36O2/c1-2-3-4-5-6-7-8-9-10-11-12-13-14-15-16-17-18-19-20(21)22/h5-6,15-16H,2-4,7-14,17-19H2,1H3,(H,21,22)/b6-5?,16-15+. The summed E-state index contributed by atoms with van der Waals surface area (Å²) in [7, 11) is 0. The fraction of sp³-hybridized carbons (Fsp3) is 0.750. The molecule has 0 amide bonds. The van der Waals surface area contributed by atoms with Crippen molar-refractivity contribution in [1.82, 2.24) is 0 Å². The molecule has 0 aliphatic heterocycles. The normalized spacial score (nSPS) is 11.7. The monoisotopic (exact) mass is 308 g/mol. The van der Waals surface area contributed by atoms with Crippen molar-refractivity contribution >= 4 is 5.97 Å². The molecule has 22 heavy (non-hydrogen) atoms. The lowest BCUT2D eigenvalue weighted by molar-refractivity contribution is -0.137. The van der Waals surface area contributed by atoms with Gasteiger partial charge in [-0.25, -0.2) is 0 Å². The average molecular weight is 309 g/mol. The Hall–Kier alpha value is -1.05. The van der Waals surface area contributed by atoms with Crippen LogP contribution in [-0.2, 0) is 4.79 Å². The number of carboxylic acid groups (broad SMARTS) is 1. The minimum absolute atomic E-state index is 0.290. The fourth-order valence-electron chi connectivity index (χ4n) is 2.40. The zero-order chi connectivity index (χ0) is 16.3. The molecule has 0 spiro atoms.